The highest BCUT2D eigenvalue weighted by Gasteiger charge is 2.65. The summed E-state index contributed by atoms with van der Waals surface area (Å²) >= 11 is 0. The fourth-order valence-corrected chi connectivity index (χ4v) is 9.84. The summed E-state index contributed by atoms with van der Waals surface area (Å²) in [6.07, 6.45) is 12.1. The number of hydrogen-bond acceptors (Lipinski definition) is 4. The molecule has 1 aliphatic heterocycles. The molecule has 4 nitrogen and oxygen atoms in total. The highest BCUT2D eigenvalue weighted by atomic mass is 16.7. The van der Waals surface area contributed by atoms with Crippen LogP contribution in [0.2, 0.25) is 0 Å². The number of allylic oxidation sites excluding steroid dienone is 2. The van der Waals surface area contributed by atoms with Gasteiger partial charge in [-0.15, -0.1) is 0 Å². The number of carbonyl (C=O) groups is 2. The van der Waals surface area contributed by atoms with Gasteiger partial charge in [0.25, 0.3) is 0 Å². The highest BCUT2D eigenvalue weighted by Crippen LogP contribution is 2.73. The van der Waals surface area contributed by atoms with Gasteiger partial charge in [-0.2, -0.15) is 0 Å². The Morgan fingerprint density at radius 2 is 1.79 bits per heavy atom. The Balaban J connectivity index is 1.44. The van der Waals surface area contributed by atoms with E-state index < -0.39 is 11.8 Å². The van der Waals surface area contributed by atoms with E-state index in [0.29, 0.717) is 35.5 Å². The molecule has 1 N–H and O–H groups in total. The number of esters is 1. The van der Waals surface area contributed by atoms with Crippen molar-refractivity contribution in [2.45, 2.75) is 106 Å². The van der Waals surface area contributed by atoms with Crippen LogP contribution >= 0.6 is 0 Å². The molecule has 0 aromatic heterocycles. The Labute approximate surface area is 205 Å². The molecule has 5 aliphatic rings. The van der Waals surface area contributed by atoms with Gasteiger partial charge >= 0.3 is 5.97 Å². The zero-order valence-corrected chi connectivity index (χ0v) is 22.3. The first-order valence-electron chi connectivity index (χ1n) is 13.6. The number of cyclic esters (lactones) is 1. The van der Waals surface area contributed by atoms with Crippen molar-refractivity contribution in [1.29, 1.82) is 0 Å². The molecule has 0 aromatic carbocycles. The Bertz CT molecular complexity index is 990. The van der Waals surface area contributed by atoms with E-state index in [1.165, 1.54) is 19.3 Å². The first-order chi connectivity index (χ1) is 15.7. The molecule has 188 valence electrons. The lowest BCUT2D eigenvalue weighted by atomic mass is 9.41. The first kappa shape index (κ1) is 24.3. The minimum absolute atomic E-state index is 0.148. The lowest BCUT2D eigenvalue weighted by Crippen LogP contribution is -2.57. The predicted octanol–water partition coefficient (Wildman–Crippen LogP) is 6.38. The first-order valence-corrected chi connectivity index (χ1v) is 13.6. The molecule has 4 heteroatoms. The summed E-state index contributed by atoms with van der Waals surface area (Å²) in [7, 11) is 0. The summed E-state index contributed by atoms with van der Waals surface area (Å²) in [6.45, 7) is 15.8. The average molecular weight is 469 g/mol. The Morgan fingerprint density at radius 3 is 2.44 bits per heavy atom. The molecular weight excluding hydrogens is 424 g/mol. The molecule has 0 radical (unpaired) electrons. The maximum Gasteiger partial charge on any atom is 0.336 e. The number of fused-ring (bicyclic) bond motifs is 5. The van der Waals surface area contributed by atoms with E-state index in [2.05, 4.69) is 47.6 Å². The second-order valence-corrected chi connectivity index (χ2v) is 13.8. The van der Waals surface area contributed by atoms with Gasteiger partial charge in [-0.1, -0.05) is 53.2 Å². The molecule has 5 rings (SSSR count). The zero-order chi connectivity index (χ0) is 24.9. The Morgan fingerprint density at radius 1 is 1.09 bits per heavy atom. The predicted molar refractivity (Wildman–Crippen MR) is 133 cm³/mol. The van der Waals surface area contributed by atoms with Gasteiger partial charge in [-0.25, -0.2) is 4.79 Å². The van der Waals surface area contributed by atoms with Crippen molar-refractivity contribution >= 4 is 11.8 Å². The quantitative estimate of drug-likeness (QED) is 0.386. The van der Waals surface area contributed by atoms with Crippen molar-refractivity contribution < 1.29 is 19.4 Å². The van der Waals surface area contributed by atoms with Gasteiger partial charge in [0.1, 0.15) is 5.78 Å². The van der Waals surface area contributed by atoms with E-state index in [9.17, 15) is 14.7 Å². The molecule has 3 fully saturated rings. The summed E-state index contributed by atoms with van der Waals surface area (Å²) < 4.78 is 5.36. The normalized spacial score (nSPS) is 48.3. The van der Waals surface area contributed by atoms with Crippen LogP contribution in [0.5, 0.6) is 0 Å². The van der Waals surface area contributed by atoms with Crippen molar-refractivity contribution in [3.63, 3.8) is 0 Å². The minimum atomic E-state index is -1.46. The molecule has 0 amide bonds. The number of ether oxygens (including phenoxy) is 1. The number of aliphatic hydroxyl groups is 1. The van der Waals surface area contributed by atoms with Gasteiger partial charge in [0.15, 0.2) is 0 Å². The third kappa shape index (κ3) is 3.06. The molecule has 0 saturated heterocycles. The van der Waals surface area contributed by atoms with Gasteiger partial charge < -0.3 is 9.84 Å². The summed E-state index contributed by atoms with van der Waals surface area (Å²) in [5, 5.41) is 11.0. The average Bonchev–Trinajstić information content (AvgIpc) is 3.16. The lowest BCUT2D eigenvalue weighted by molar-refractivity contribution is -0.186. The van der Waals surface area contributed by atoms with E-state index in [0.717, 1.165) is 25.7 Å². The van der Waals surface area contributed by atoms with E-state index in [-0.39, 0.29) is 27.6 Å². The van der Waals surface area contributed by atoms with Crippen LogP contribution in [0.25, 0.3) is 0 Å². The minimum Gasteiger partial charge on any atom is -0.426 e. The largest absolute Gasteiger partial charge is 0.426 e. The van der Waals surface area contributed by atoms with E-state index in [1.807, 2.05) is 0 Å². The van der Waals surface area contributed by atoms with Crippen LogP contribution in [-0.4, -0.2) is 22.6 Å². The van der Waals surface area contributed by atoms with Gasteiger partial charge in [-0.05, 0) is 91.4 Å². The van der Waals surface area contributed by atoms with Crippen LogP contribution in [0, 0.1) is 45.3 Å². The summed E-state index contributed by atoms with van der Waals surface area (Å²) in [5.41, 5.74) is 2.45. The van der Waals surface area contributed by atoms with Crippen LogP contribution in [0.15, 0.2) is 23.3 Å². The summed E-state index contributed by atoms with van der Waals surface area (Å²) in [5.74, 6) is 0.313. The monoisotopic (exact) mass is 468 g/mol. The van der Waals surface area contributed by atoms with Gasteiger partial charge in [0.05, 0.1) is 0 Å². The molecule has 4 aliphatic carbocycles. The number of rotatable bonds is 3. The molecule has 0 spiro atoms. The lowest BCUT2D eigenvalue weighted by Gasteiger charge is -2.63. The molecular formula is C30H44O4. The number of ketones is 1. The number of Topliss-reactive ketones (excluding diaryl/α,β-unsaturated/α-hetero) is 1. The molecule has 34 heavy (non-hydrogen) atoms. The zero-order valence-electron chi connectivity index (χ0n) is 22.3. The van der Waals surface area contributed by atoms with Gasteiger partial charge in [-0.3, -0.25) is 4.79 Å². The third-order valence-electron chi connectivity index (χ3n) is 12.0. The topological polar surface area (TPSA) is 63.6 Å². The molecule has 0 bridgehead atoms. The van der Waals surface area contributed by atoms with E-state index in [4.69, 9.17) is 4.74 Å². The molecule has 3 saturated carbocycles. The maximum atomic E-state index is 12.8. The van der Waals surface area contributed by atoms with Crippen molar-refractivity contribution in [2.75, 3.05) is 0 Å². The number of hydrogen-bond donors (Lipinski definition) is 1. The van der Waals surface area contributed by atoms with Crippen molar-refractivity contribution in [3.8, 4) is 0 Å². The van der Waals surface area contributed by atoms with Crippen molar-refractivity contribution in [3.05, 3.63) is 23.3 Å². The summed E-state index contributed by atoms with van der Waals surface area (Å²) in [4.78, 5) is 24.7. The second-order valence-electron chi connectivity index (χ2n) is 13.8. The van der Waals surface area contributed by atoms with Crippen LogP contribution in [-0.2, 0) is 14.3 Å². The van der Waals surface area contributed by atoms with E-state index >= 15 is 0 Å². The van der Waals surface area contributed by atoms with Crippen LogP contribution < -0.4 is 0 Å². The third-order valence-corrected chi connectivity index (χ3v) is 12.0. The fraction of sp³-hybridized carbons (Fsp3) is 0.800. The SMILES string of the molecule is CC1=CC(O)(C[C@@H](C)[C@H]2CC[C@@]3(C)C4=CC[C@H]5C(C)(C)C(=O)CC[C@]5(C)[C@H]4CC[C@]23C)OC1=O. The number of carbonyl (C=O) groups excluding carboxylic acids is 2. The van der Waals surface area contributed by atoms with Gasteiger partial charge in [0.2, 0.25) is 5.79 Å². The highest BCUT2D eigenvalue weighted by molar-refractivity contribution is 5.90. The Kier molecular flexibility index (Phi) is 5.22. The molecule has 0 aromatic rings. The Hall–Kier alpha value is -1.42. The molecule has 1 unspecified atom stereocenters. The standard InChI is InChI=1S/C30H44O4/c1-18(16-30(33)17-19(2)25(32)34-30)20-10-14-29(7)22-8-9-23-26(3,4)24(31)12-13-27(23,5)21(22)11-15-28(20,29)6/h8,17-18,20-21,23,33H,9-16H2,1-7H3/t18-,20-,21+,23+,27-,28-,29+,30?/m1/s1. The second kappa shape index (κ2) is 7.31. The van der Waals surface area contributed by atoms with Crippen LogP contribution in [0.4, 0.5) is 0 Å². The van der Waals surface area contributed by atoms with Crippen LogP contribution in [0.3, 0.4) is 0 Å². The molecule has 1 heterocycles. The van der Waals surface area contributed by atoms with Crippen molar-refractivity contribution in [2.24, 2.45) is 45.3 Å². The van der Waals surface area contributed by atoms with Crippen molar-refractivity contribution in [1.82, 2.24) is 0 Å². The van der Waals surface area contributed by atoms with E-state index in [1.54, 1.807) is 18.6 Å². The summed E-state index contributed by atoms with van der Waals surface area (Å²) in [6, 6.07) is 0. The maximum absolute atomic E-state index is 12.8. The molecule has 8 atom stereocenters. The fourth-order valence-electron chi connectivity index (χ4n) is 9.84. The van der Waals surface area contributed by atoms with Gasteiger partial charge in [0, 0.05) is 23.8 Å². The van der Waals surface area contributed by atoms with Crippen LogP contribution in [0.1, 0.15) is 99.8 Å². The smallest absolute Gasteiger partial charge is 0.336 e.